The van der Waals surface area contributed by atoms with E-state index in [9.17, 15) is 39.2 Å². The van der Waals surface area contributed by atoms with Crippen LogP contribution in [0.5, 0.6) is 0 Å². The Balaban J connectivity index is 0.000000184. The number of sulfonamides is 2. The van der Waals surface area contributed by atoms with E-state index >= 15 is 0 Å². The number of benzene rings is 2. The van der Waals surface area contributed by atoms with Crippen LogP contribution in [-0.2, 0) is 37.9 Å². The van der Waals surface area contributed by atoms with Gasteiger partial charge < -0.3 is 19.1 Å². The van der Waals surface area contributed by atoms with E-state index in [4.69, 9.17) is 8.83 Å². The van der Waals surface area contributed by atoms with Gasteiger partial charge in [-0.2, -0.15) is 17.6 Å². The molecule has 4 aliphatic rings. The number of aryl methyl sites for hydroxylation is 2. The first-order valence-electron chi connectivity index (χ1n) is 24.7. The number of piperidine rings is 2. The molecule has 2 aromatic carbocycles. The number of likely N-dealkylation sites (tertiary alicyclic amines) is 3. The van der Waals surface area contributed by atoms with Crippen LogP contribution in [0, 0.1) is 13.8 Å². The zero-order chi connectivity index (χ0) is 53.0. The van der Waals surface area contributed by atoms with Crippen molar-refractivity contribution in [3.63, 3.8) is 0 Å². The van der Waals surface area contributed by atoms with Crippen LogP contribution in [0.25, 0.3) is 22.9 Å². The molecule has 1 amide bonds. The fourth-order valence-electron chi connectivity index (χ4n) is 9.60. The van der Waals surface area contributed by atoms with Gasteiger partial charge in [-0.15, -0.1) is 20.4 Å². The molecular formula is C50H58F4N12O7S2. The number of hydrogen-bond acceptors (Lipinski definition) is 16. The van der Waals surface area contributed by atoms with Crippen LogP contribution >= 0.6 is 0 Å². The van der Waals surface area contributed by atoms with Gasteiger partial charge in [0, 0.05) is 57.6 Å². The average molecular weight is 1080 g/mol. The molecule has 4 fully saturated rings. The summed E-state index contributed by atoms with van der Waals surface area (Å²) < 4.78 is 120. The van der Waals surface area contributed by atoms with Crippen LogP contribution in [0.1, 0.15) is 79.8 Å². The summed E-state index contributed by atoms with van der Waals surface area (Å²) in [7, 11) is -7.42. The minimum atomic E-state index is -3.74. The lowest BCUT2D eigenvalue weighted by Crippen LogP contribution is -2.62. The fraction of sp³-hybridized carbons (Fsp3) is 0.460. The van der Waals surface area contributed by atoms with Gasteiger partial charge in [0.1, 0.15) is 0 Å². The van der Waals surface area contributed by atoms with E-state index < -0.39 is 55.2 Å². The highest BCUT2D eigenvalue weighted by molar-refractivity contribution is 7.93. The van der Waals surface area contributed by atoms with Gasteiger partial charge in [0.15, 0.2) is 0 Å². The fourth-order valence-corrected chi connectivity index (χ4v) is 13.4. The summed E-state index contributed by atoms with van der Waals surface area (Å²) in [6.45, 7) is 11.6. The number of carbonyl (C=O) groups excluding carboxylic acids is 1. The van der Waals surface area contributed by atoms with E-state index in [1.807, 2.05) is 50.2 Å². The molecule has 0 bridgehead atoms. The van der Waals surface area contributed by atoms with E-state index in [2.05, 4.69) is 45.5 Å². The highest BCUT2D eigenvalue weighted by atomic mass is 32.2. The van der Waals surface area contributed by atoms with E-state index in [-0.39, 0.29) is 36.8 Å². The van der Waals surface area contributed by atoms with Crippen molar-refractivity contribution in [2.45, 2.75) is 95.0 Å². The van der Waals surface area contributed by atoms with Crippen LogP contribution in [0.4, 0.5) is 28.9 Å². The number of carbonyl (C=O) groups is 1. The van der Waals surface area contributed by atoms with Gasteiger partial charge in [-0.25, -0.2) is 16.8 Å². The quantitative estimate of drug-likeness (QED) is 0.102. The normalized spacial score (nSPS) is 17.6. The zero-order valence-corrected chi connectivity index (χ0v) is 43.2. The summed E-state index contributed by atoms with van der Waals surface area (Å²) in [5.74, 6) is -1.62. The number of alkyl halides is 4. The summed E-state index contributed by atoms with van der Waals surface area (Å²) in [4.78, 5) is 26.7. The first-order valence-corrected chi connectivity index (χ1v) is 27.7. The summed E-state index contributed by atoms with van der Waals surface area (Å²) in [6.07, 6.45) is -0.751. The van der Waals surface area contributed by atoms with Gasteiger partial charge >= 0.3 is 12.9 Å². The minimum Gasteiger partial charge on any atom is -0.415 e. The molecule has 1 N–H and O–H groups in total. The minimum absolute atomic E-state index is 0.00853. The SMILES string of the molecule is CC(=O)N1CC(N2CCC(S(=O)(=O)N(Cc3ccc(-c4nnc(C(F)F)o4)cn3)c3cccc(C)c3)CC2)C1.Cc1cccc(N(Cc2ccc(-c3nnc(C(F)F)o3)cn2)S(=O)(=O)C2CCN(C3CNC3)CC2)c1. The molecule has 400 valence electrons. The Hall–Kier alpha value is -6.41. The van der Waals surface area contributed by atoms with Crippen LogP contribution in [-0.4, -0.2) is 143 Å². The number of halogens is 4. The third kappa shape index (κ3) is 12.3. The lowest BCUT2D eigenvalue weighted by Gasteiger charge is -2.47. The smallest absolute Gasteiger partial charge is 0.314 e. The molecule has 4 aromatic heterocycles. The summed E-state index contributed by atoms with van der Waals surface area (Å²) in [5.41, 5.74) is 4.74. The topological polar surface area (TPSA) is 217 Å². The number of rotatable bonds is 16. The van der Waals surface area contributed by atoms with Crippen molar-refractivity contribution >= 4 is 37.3 Å². The van der Waals surface area contributed by atoms with Crippen molar-refractivity contribution in [1.29, 1.82) is 0 Å². The Bertz CT molecular complexity index is 3130. The molecule has 0 unspecified atom stereocenters. The maximum atomic E-state index is 14.0. The predicted octanol–water partition coefficient (Wildman–Crippen LogP) is 6.56. The highest BCUT2D eigenvalue weighted by Crippen LogP contribution is 2.33. The summed E-state index contributed by atoms with van der Waals surface area (Å²) >= 11 is 0. The lowest BCUT2D eigenvalue weighted by molar-refractivity contribution is -0.136. The van der Waals surface area contributed by atoms with Gasteiger partial charge in [-0.3, -0.25) is 33.2 Å². The molecule has 0 aliphatic carbocycles. The standard InChI is InChI=1S/C26H30F2N6O4S.C24H28F2N6O3S/c1-17-4-3-5-21(12-17)34(14-20-7-6-19(13-29-20)25-30-31-26(38-25)24(27)28)39(36,37)23-8-10-32(11-9-23)22-15-33(16-22)18(2)35;1-16-3-2-4-19(11-16)32(36(33,34)21-7-9-31(10-8-21)20-13-27-14-20)15-18-6-5-17(12-28-18)23-29-30-24(35-23)22(25)26/h3-7,12-13,22-24H,8-11,14-16H2,1-2H3;2-6,11-12,20-22,27H,7-10,13-15H2,1H3. The number of pyridine rings is 2. The Morgan fingerprint density at radius 1 is 0.640 bits per heavy atom. The number of hydrogen-bond donors (Lipinski definition) is 1. The number of nitrogens with one attached hydrogen (secondary N) is 1. The van der Waals surface area contributed by atoms with Crippen molar-refractivity contribution in [2.24, 2.45) is 0 Å². The second kappa shape index (κ2) is 22.8. The third-order valence-electron chi connectivity index (χ3n) is 14.1. The number of anilines is 2. The van der Waals surface area contributed by atoms with Crippen molar-refractivity contribution in [3.8, 4) is 22.9 Å². The van der Waals surface area contributed by atoms with Gasteiger partial charge in [0.05, 0.1) is 57.5 Å². The molecular weight excluding hydrogens is 1020 g/mol. The Morgan fingerprint density at radius 3 is 1.40 bits per heavy atom. The van der Waals surface area contributed by atoms with Crippen molar-refractivity contribution < 1.29 is 48.0 Å². The molecule has 4 saturated heterocycles. The molecule has 75 heavy (non-hydrogen) atoms. The lowest BCUT2D eigenvalue weighted by atomic mass is 10.0. The largest absolute Gasteiger partial charge is 0.415 e. The van der Waals surface area contributed by atoms with Crippen LogP contribution in [0.3, 0.4) is 0 Å². The van der Waals surface area contributed by atoms with Crippen LogP contribution < -0.4 is 13.9 Å². The summed E-state index contributed by atoms with van der Waals surface area (Å²) in [5, 5.41) is 16.2. The Morgan fingerprint density at radius 2 is 1.07 bits per heavy atom. The predicted molar refractivity (Wildman–Crippen MR) is 269 cm³/mol. The van der Waals surface area contributed by atoms with Crippen molar-refractivity contribution in [1.82, 2.24) is 50.4 Å². The van der Waals surface area contributed by atoms with Gasteiger partial charge in [0.25, 0.3) is 11.8 Å². The summed E-state index contributed by atoms with van der Waals surface area (Å²) in [6, 6.07) is 22.0. The first kappa shape index (κ1) is 53.4. The second-order valence-electron chi connectivity index (χ2n) is 19.2. The molecule has 19 nitrogen and oxygen atoms in total. The molecule has 0 saturated carbocycles. The second-order valence-corrected chi connectivity index (χ2v) is 23.5. The molecule has 4 aliphatic heterocycles. The van der Waals surface area contributed by atoms with E-state index in [0.717, 1.165) is 37.3 Å². The Labute approximate surface area is 432 Å². The average Bonchev–Trinajstić information content (AvgIpc) is 4.07. The molecule has 10 rings (SSSR count). The molecule has 8 heterocycles. The molecule has 6 aromatic rings. The number of amides is 1. The molecule has 0 atom stereocenters. The number of aromatic nitrogens is 6. The van der Waals surface area contributed by atoms with Crippen LogP contribution in [0.15, 0.2) is 94.0 Å². The van der Waals surface area contributed by atoms with Gasteiger partial charge in [-0.05, 0) is 125 Å². The van der Waals surface area contributed by atoms with E-state index in [1.165, 1.54) is 21.0 Å². The van der Waals surface area contributed by atoms with E-state index in [1.54, 1.807) is 48.2 Å². The molecule has 0 spiro atoms. The first-order chi connectivity index (χ1) is 35.9. The highest BCUT2D eigenvalue weighted by Gasteiger charge is 2.41. The zero-order valence-electron chi connectivity index (χ0n) is 41.6. The van der Waals surface area contributed by atoms with Gasteiger partial charge in [0.2, 0.25) is 37.7 Å². The third-order valence-corrected chi connectivity index (χ3v) is 18.6. The Kier molecular flexibility index (Phi) is 16.3. The van der Waals surface area contributed by atoms with Gasteiger partial charge in [-0.1, -0.05) is 24.3 Å². The molecule has 0 radical (unpaired) electrons. The monoisotopic (exact) mass is 1080 g/mol. The maximum absolute atomic E-state index is 14.0. The van der Waals surface area contributed by atoms with Crippen molar-refractivity contribution in [3.05, 3.63) is 119 Å². The molecule has 25 heteroatoms. The maximum Gasteiger partial charge on any atom is 0.314 e. The van der Waals surface area contributed by atoms with E-state index in [0.29, 0.717) is 91.8 Å². The van der Waals surface area contributed by atoms with Crippen LogP contribution in [0.2, 0.25) is 0 Å². The number of nitrogens with zero attached hydrogens (tertiary/aromatic N) is 11. The van der Waals surface area contributed by atoms with Crippen molar-refractivity contribution in [2.75, 3.05) is 61.0 Å².